The van der Waals surface area contributed by atoms with Crippen LogP contribution in [0.5, 0.6) is 0 Å². The maximum Gasteiger partial charge on any atom is 0.333 e. The summed E-state index contributed by atoms with van der Waals surface area (Å²) in [5.74, 6) is 0.891. The Kier molecular flexibility index (Phi) is 4.48. The summed E-state index contributed by atoms with van der Waals surface area (Å²) in [7, 11) is 0. The van der Waals surface area contributed by atoms with Crippen molar-refractivity contribution in [2.24, 2.45) is 11.8 Å². The van der Waals surface area contributed by atoms with Gasteiger partial charge in [0.25, 0.3) is 0 Å². The van der Waals surface area contributed by atoms with E-state index in [0.717, 1.165) is 25.2 Å². The van der Waals surface area contributed by atoms with Crippen molar-refractivity contribution in [3.05, 3.63) is 47.2 Å². The number of cyclic esters (lactones) is 1. The van der Waals surface area contributed by atoms with E-state index in [9.17, 15) is 4.79 Å². The molecule has 22 heavy (non-hydrogen) atoms. The van der Waals surface area contributed by atoms with Crippen molar-refractivity contribution in [2.75, 3.05) is 19.7 Å². The van der Waals surface area contributed by atoms with Gasteiger partial charge in [-0.1, -0.05) is 31.2 Å². The number of aryl methyl sites for hydroxylation is 1. The zero-order chi connectivity index (χ0) is 15.5. The van der Waals surface area contributed by atoms with Gasteiger partial charge in [0.2, 0.25) is 0 Å². The molecule has 1 aromatic rings. The molecular formula is C18H24N2O2. The molecule has 118 valence electrons. The van der Waals surface area contributed by atoms with Crippen LogP contribution in [0.25, 0.3) is 0 Å². The molecule has 0 unspecified atom stereocenters. The SMILES string of the molecule is Cc1ccccc1[C@@H]1NCC[C@H](CNC2=CC(=O)OC2)[C@H]1C. The molecule has 4 heteroatoms. The van der Waals surface area contributed by atoms with Crippen molar-refractivity contribution in [3.8, 4) is 0 Å². The molecule has 0 bridgehead atoms. The van der Waals surface area contributed by atoms with Crippen molar-refractivity contribution in [3.63, 3.8) is 0 Å². The molecule has 1 saturated heterocycles. The van der Waals surface area contributed by atoms with Crippen molar-refractivity contribution in [2.45, 2.75) is 26.3 Å². The lowest BCUT2D eigenvalue weighted by Crippen LogP contribution is -2.42. The zero-order valence-corrected chi connectivity index (χ0v) is 13.3. The van der Waals surface area contributed by atoms with E-state index >= 15 is 0 Å². The monoisotopic (exact) mass is 300 g/mol. The number of hydrogen-bond donors (Lipinski definition) is 2. The molecule has 0 amide bonds. The Hall–Kier alpha value is -1.81. The highest BCUT2D eigenvalue weighted by molar-refractivity contribution is 5.85. The Morgan fingerprint density at radius 2 is 2.18 bits per heavy atom. The number of piperidine rings is 1. The van der Waals surface area contributed by atoms with Gasteiger partial charge < -0.3 is 15.4 Å². The Morgan fingerprint density at radius 3 is 2.91 bits per heavy atom. The lowest BCUT2D eigenvalue weighted by atomic mass is 9.78. The van der Waals surface area contributed by atoms with E-state index in [1.165, 1.54) is 11.1 Å². The highest BCUT2D eigenvalue weighted by Crippen LogP contribution is 2.34. The van der Waals surface area contributed by atoms with E-state index in [-0.39, 0.29) is 5.97 Å². The van der Waals surface area contributed by atoms with Crippen LogP contribution in [0.3, 0.4) is 0 Å². The van der Waals surface area contributed by atoms with Crippen LogP contribution in [0.1, 0.15) is 30.5 Å². The summed E-state index contributed by atoms with van der Waals surface area (Å²) in [6.45, 7) is 6.81. The minimum atomic E-state index is -0.237. The number of carbonyl (C=O) groups excluding carboxylic acids is 1. The number of carbonyl (C=O) groups is 1. The fraction of sp³-hybridized carbons (Fsp3) is 0.500. The second kappa shape index (κ2) is 6.53. The van der Waals surface area contributed by atoms with Gasteiger partial charge in [0.15, 0.2) is 0 Å². The number of hydrogen-bond acceptors (Lipinski definition) is 4. The van der Waals surface area contributed by atoms with Gasteiger partial charge in [0.05, 0.1) is 5.70 Å². The molecule has 3 atom stereocenters. The normalized spacial score (nSPS) is 28.2. The standard InChI is InChI=1S/C18H24N2O2/c1-12-5-3-4-6-16(12)18-13(2)14(7-8-19-18)10-20-15-9-17(21)22-11-15/h3-6,9,13-14,18-20H,7-8,10-11H2,1-2H3/t13-,14-,18-/m1/s1. The van der Waals surface area contributed by atoms with E-state index in [2.05, 4.69) is 48.7 Å². The Morgan fingerprint density at radius 1 is 1.36 bits per heavy atom. The molecule has 3 rings (SSSR count). The van der Waals surface area contributed by atoms with Crippen molar-refractivity contribution < 1.29 is 9.53 Å². The van der Waals surface area contributed by atoms with Gasteiger partial charge in [-0.3, -0.25) is 0 Å². The minimum Gasteiger partial charge on any atom is -0.456 e. The van der Waals surface area contributed by atoms with Crippen LogP contribution >= 0.6 is 0 Å². The smallest absolute Gasteiger partial charge is 0.333 e. The number of nitrogens with one attached hydrogen (secondary N) is 2. The quantitative estimate of drug-likeness (QED) is 0.838. The van der Waals surface area contributed by atoms with E-state index in [1.807, 2.05) is 0 Å². The highest BCUT2D eigenvalue weighted by Gasteiger charge is 2.31. The summed E-state index contributed by atoms with van der Waals surface area (Å²) in [4.78, 5) is 11.1. The first-order valence-corrected chi connectivity index (χ1v) is 8.05. The van der Waals surface area contributed by atoms with Gasteiger partial charge in [-0.05, 0) is 42.9 Å². The molecule has 0 spiro atoms. The Balaban J connectivity index is 1.65. The average Bonchev–Trinajstić information content (AvgIpc) is 2.93. The van der Waals surface area contributed by atoms with E-state index in [0.29, 0.717) is 24.5 Å². The maximum absolute atomic E-state index is 11.1. The number of benzene rings is 1. The predicted octanol–water partition coefficient (Wildman–Crippen LogP) is 2.31. The number of rotatable bonds is 4. The fourth-order valence-corrected chi connectivity index (χ4v) is 3.50. The molecule has 0 saturated carbocycles. The van der Waals surface area contributed by atoms with Gasteiger partial charge in [-0.25, -0.2) is 4.79 Å². The minimum absolute atomic E-state index is 0.237. The first kappa shape index (κ1) is 15.1. The molecular weight excluding hydrogens is 276 g/mol. The third-order valence-corrected chi connectivity index (χ3v) is 4.93. The first-order valence-electron chi connectivity index (χ1n) is 8.05. The highest BCUT2D eigenvalue weighted by atomic mass is 16.5. The molecule has 0 aromatic heterocycles. The van der Waals surface area contributed by atoms with E-state index < -0.39 is 0 Å². The molecule has 2 aliphatic heterocycles. The summed E-state index contributed by atoms with van der Waals surface area (Å²) < 4.78 is 4.93. The van der Waals surface area contributed by atoms with Gasteiger partial charge >= 0.3 is 5.97 Å². The molecule has 2 aliphatic rings. The van der Waals surface area contributed by atoms with E-state index in [1.54, 1.807) is 6.08 Å². The summed E-state index contributed by atoms with van der Waals surface area (Å²) in [6, 6.07) is 9.01. The first-order chi connectivity index (χ1) is 10.6. The maximum atomic E-state index is 11.1. The lowest BCUT2D eigenvalue weighted by Gasteiger charge is -2.38. The van der Waals surface area contributed by atoms with Crippen LogP contribution < -0.4 is 10.6 Å². The van der Waals surface area contributed by atoms with E-state index in [4.69, 9.17) is 4.74 Å². The van der Waals surface area contributed by atoms with Crippen LogP contribution in [0.2, 0.25) is 0 Å². The number of ether oxygens (including phenoxy) is 1. The largest absolute Gasteiger partial charge is 0.456 e. The summed E-state index contributed by atoms with van der Waals surface area (Å²) in [5.41, 5.74) is 3.65. The van der Waals surface area contributed by atoms with Crippen molar-refractivity contribution in [1.82, 2.24) is 10.6 Å². The second-order valence-electron chi connectivity index (χ2n) is 6.35. The summed E-state index contributed by atoms with van der Waals surface area (Å²) >= 11 is 0. The Labute approximate surface area is 131 Å². The third-order valence-electron chi connectivity index (χ3n) is 4.93. The van der Waals surface area contributed by atoms with Gasteiger partial charge in [-0.2, -0.15) is 0 Å². The molecule has 2 heterocycles. The van der Waals surface area contributed by atoms with Crippen molar-refractivity contribution >= 4 is 5.97 Å². The van der Waals surface area contributed by atoms with Crippen molar-refractivity contribution in [1.29, 1.82) is 0 Å². The van der Waals surface area contributed by atoms with Crippen LogP contribution in [-0.2, 0) is 9.53 Å². The topological polar surface area (TPSA) is 50.4 Å². The molecule has 1 fully saturated rings. The summed E-state index contributed by atoms with van der Waals surface area (Å²) in [5, 5.41) is 7.06. The number of esters is 1. The van der Waals surface area contributed by atoms with Crippen LogP contribution in [0, 0.1) is 18.8 Å². The molecule has 4 nitrogen and oxygen atoms in total. The van der Waals surface area contributed by atoms with Crippen LogP contribution in [0.15, 0.2) is 36.0 Å². The molecule has 2 N–H and O–H groups in total. The van der Waals surface area contributed by atoms with Gasteiger partial charge in [0, 0.05) is 18.7 Å². The van der Waals surface area contributed by atoms with Gasteiger partial charge in [-0.15, -0.1) is 0 Å². The lowest BCUT2D eigenvalue weighted by molar-refractivity contribution is -0.134. The third kappa shape index (κ3) is 3.17. The Bertz CT molecular complexity index is 582. The molecule has 1 aromatic carbocycles. The van der Waals surface area contributed by atoms with Crippen LogP contribution in [-0.4, -0.2) is 25.7 Å². The fourth-order valence-electron chi connectivity index (χ4n) is 3.50. The summed E-state index contributed by atoms with van der Waals surface area (Å²) in [6.07, 6.45) is 2.71. The van der Waals surface area contributed by atoms with Crippen LogP contribution in [0.4, 0.5) is 0 Å². The molecule has 0 radical (unpaired) electrons. The predicted molar refractivity (Wildman–Crippen MR) is 86.2 cm³/mol. The molecule has 0 aliphatic carbocycles. The van der Waals surface area contributed by atoms with Gasteiger partial charge in [0.1, 0.15) is 6.61 Å². The second-order valence-corrected chi connectivity index (χ2v) is 6.35. The average molecular weight is 300 g/mol. The zero-order valence-electron chi connectivity index (χ0n) is 13.3.